The molecular weight excluding hydrogens is 194 g/mol. The molecule has 0 spiro atoms. The second-order valence-corrected chi connectivity index (χ2v) is 3.85. The van der Waals surface area contributed by atoms with Crippen LogP contribution in [-0.2, 0) is 9.59 Å². The molecule has 5 heteroatoms. The minimum atomic E-state index is -0.694. The average Bonchev–Trinajstić information content (AvgIpc) is 2.22. The summed E-state index contributed by atoms with van der Waals surface area (Å²) in [5.41, 5.74) is 6.53. The van der Waals surface area contributed by atoms with E-state index < -0.39 is 11.7 Å². The Hall–Kier alpha value is -1.49. The first-order chi connectivity index (χ1) is 7.16. The van der Waals surface area contributed by atoms with Gasteiger partial charge in [0, 0.05) is 25.2 Å². The molecule has 0 aromatic carbocycles. The maximum atomic E-state index is 11.1. The SMILES string of the molecule is N[C@H]1CCCN(C2=CC(=O)C(=O)N=C2)C1. The number of aliphatic imine (C=N–C) groups is 1. The van der Waals surface area contributed by atoms with E-state index in [1.54, 1.807) is 0 Å². The number of ketones is 1. The summed E-state index contributed by atoms with van der Waals surface area (Å²) in [6.45, 7) is 1.59. The number of carbonyl (C=O) groups excluding carboxylic acids is 2. The van der Waals surface area contributed by atoms with Crippen molar-refractivity contribution in [1.82, 2.24) is 4.90 Å². The molecule has 2 aliphatic rings. The second kappa shape index (κ2) is 3.94. The first-order valence-electron chi connectivity index (χ1n) is 5.01. The van der Waals surface area contributed by atoms with Gasteiger partial charge < -0.3 is 10.6 Å². The number of likely N-dealkylation sites (tertiary alicyclic amines) is 1. The Balaban J connectivity index is 2.11. The fraction of sp³-hybridized carbons (Fsp3) is 0.500. The Morgan fingerprint density at radius 2 is 2.27 bits per heavy atom. The highest BCUT2D eigenvalue weighted by atomic mass is 16.2. The summed E-state index contributed by atoms with van der Waals surface area (Å²) in [4.78, 5) is 27.5. The first-order valence-corrected chi connectivity index (χ1v) is 5.01. The van der Waals surface area contributed by atoms with Gasteiger partial charge in [0.2, 0.25) is 5.78 Å². The molecule has 0 radical (unpaired) electrons. The summed E-state index contributed by atoms with van der Waals surface area (Å²) in [5.74, 6) is -1.24. The van der Waals surface area contributed by atoms with E-state index in [2.05, 4.69) is 4.99 Å². The van der Waals surface area contributed by atoms with Gasteiger partial charge in [-0.15, -0.1) is 0 Å². The largest absolute Gasteiger partial charge is 0.369 e. The summed E-state index contributed by atoms with van der Waals surface area (Å²) in [5, 5.41) is 0. The van der Waals surface area contributed by atoms with Crippen LogP contribution in [0.3, 0.4) is 0 Å². The van der Waals surface area contributed by atoms with Crippen molar-refractivity contribution in [3.8, 4) is 0 Å². The van der Waals surface area contributed by atoms with Crippen molar-refractivity contribution >= 4 is 17.9 Å². The predicted molar refractivity (Wildman–Crippen MR) is 55.4 cm³/mol. The van der Waals surface area contributed by atoms with Crippen molar-refractivity contribution < 1.29 is 9.59 Å². The van der Waals surface area contributed by atoms with E-state index in [0.717, 1.165) is 25.9 Å². The molecule has 1 fully saturated rings. The lowest BCUT2D eigenvalue weighted by atomic mass is 10.1. The van der Waals surface area contributed by atoms with Crippen LogP contribution in [0.2, 0.25) is 0 Å². The zero-order chi connectivity index (χ0) is 10.8. The van der Waals surface area contributed by atoms with Crippen molar-refractivity contribution in [3.63, 3.8) is 0 Å². The van der Waals surface area contributed by atoms with Crippen molar-refractivity contribution in [2.24, 2.45) is 10.7 Å². The molecule has 0 aromatic rings. The monoisotopic (exact) mass is 207 g/mol. The van der Waals surface area contributed by atoms with E-state index in [0.29, 0.717) is 5.70 Å². The third-order valence-electron chi connectivity index (χ3n) is 2.63. The Morgan fingerprint density at radius 3 is 2.93 bits per heavy atom. The third kappa shape index (κ3) is 2.12. The number of nitrogens with two attached hydrogens (primary N) is 1. The number of piperidine rings is 1. The molecule has 2 heterocycles. The van der Waals surface area contributed by atoms with Crippen LogP contribution in [0.25, 0.3) is 0 Å². The number of allylic oxidation sites excluding steroid dienone is 1. The van der Waals surface area contributed by atoms with Crippen LogP contribution in [0.1, 0.15) is 12.8 Å². The summed E-state index contributed by atoms with van der Waals surface area (Å²) < 4.78 is 0. The third-order valence-corrected chi connectivity index (χ3v) is 2.63. The molecule has 0 saturated carbocycles. The van der Waals surface area contributed by atoms with Gasteiger partial charge in [-0.05, 0) is 12.8 Å². The summed E-state index contributed by atoms with van der Waals surface area (Å²) >= 11 is 0. The average molecular weight is 207 g/mol. The Kier molecular flexibility index (Phi) is 2.64. The number of dihydropyridines is 1. The highest BCUT2D eigenvalue weighted by Crippen LogP contribution is 2.14. The van der Waals surface area contributed by atoms with Crippen molar-refractivity contribution in [2.75, 3.05) is 13.1 Å². The number of carbonyl (C=O) groups is 2. The Morgan fingerprint density at radius 1 is 1.47 bits per heavy atom. The molecule has 0 bridgehead atoms. The molecule has 0 aromatic heterocycles. The van der Waals surface area contributed by atoms with Gasteiger partial charge in [0.15, 0.2) is 0 Å². The normalized spacial score (nSPS) is 26.9. The zero-order valence-electron chi connectivity index (χ0n) is 8.35. The minimum absolute atomic E-state index is 0.140. The maximum absolute atomic E-state index is 11.1. The Labute approximate surface area is 87.6 Å². The van der Waals surface area contributed by atoms with Crippen molar-refractivity contribution in [3.05, 3.63) is 11.8 Å². The fourth-order valence-electron chi connectivity index (χ4n) is 1.84. The van der Waals surface area contributed by atoms with E-state index in [9.17, 15) is 9.59 Å². The molecule has 5 nitrogen and oxygen atoms in total. The first kappa shape index (κ1) is 10.0. The maximum Gasteiger partial charge on any atom is 0.317 e. The van der Waals surface area contributed by atoms with Crippen LogP contribution in [0.5, 0.6) is 0 Å². The predicted octanol–water partition coefficient (Wildman–Crippen LogP) is -0.527. The van der Waals surface area contributed by atoms with Crippen LogP contribution in [-0.4, -0.2) is 41.9 Å². The van der Waals surface area contributed by atoms with Crippen molar-refractivity contribution in [2.45, 2.75) is 18.9 Å². The molecule has 0 unspecified atom stereocenters. The van der Waals surface area contributed by atoms with Crippen LogP contribution >= 0.6 is 0 Å². The van der Waals surface area contributed by atoms with Gasteiger partial charge in [-0.25, -0.2) is 4.99 Å². The van der Waals surface area contributed by atoms with Gasteiger partial charge in [-0.2, -0.15) is 0 Å². The highest BCUT2D eigenvalue weighted by Gasteiger charge is 2.22. The lowest BCUT2D eigenvalue weighted by Crippen LogP contribution is -2.43. The van der Waals surface area contributed by atoms with Crippen LogP contribution < -0.4 is 5.73 Å². The van der Waals surface area contributed by atoms with Crippen LogP contribution in [0.15, 0.2) is 16.8 Å². The molecule has 80 valence electrons. The summed E-state index contributed by atoms with van der Waals surface area (Å²) in [6, 6.07) is 0.140. The van der Waals surface area contributed by atoms with Gasteiger partial charge in [0.25, 0.3) is 0 Å². The van der Waals surface area contributed by atoms with Crippen LogP contribution in [0.4, 0.5) is 0 Å². The molecule has 2 rings (SSSR count). The van der Waals surface area contributed by atoms with Gasteiger partial charge in [0.05, 0.1) is 11.9 Å². The van der Waals surface area contributed by atoms with Crippen molar-refractivity contribution in [1.29, 1.82) is 0 Å². The van der Waals surface area contributed by atoms with E-state index >= 15 is 0 Å². The smallest absolute Gasteiger partial charge is 0.317 e. The van der Waals surface area contributed by atoms with Crippen LogP contribution in [0, 0.1) is 0 Å². The topological polar surface area (TPSA) is 75.8 Å². The minimum Gasteiger partial charge on any atom is -0.369 e. The van der Waals surface area contributed by atoms with Gasteiger partial charge in [0.1, 0.15) is 0 Å². The number of rotatable bonds is 1. The molecule has 1 atom stereocenters. The van der Waals surface area contributed by atoms with Gasteiger partial charge >= 0.3 is 5.91 Å². The second-order valence-electron chi connectivity index (χ2n) is 3.85. The van der Waals surface area contributed by atoms with E-state index in [1.165, 1.54) is 12.3 Å². The number of hydrogen-bond acceptors (Lipinski definition) is 4. The number of nitrogens with zero attached hydrogens (tertiary/aromatic N) is 2. The summed E-state index contributed by atoms with van der Waals surface area (Å²) in [7, 11) is 0. The zero-order valence-corrected chi connectivity index (χ0v) is 8.35. The lowest BCUT2D eigenvalue weighted by Gasteiger charge is -2.33. The molecule has 2 aliphatic heterocycles. The molecule has 15 heavy (non-hydrogen) atoms. The Bertz CT molecular complexity index is 360. The van der Waals surface area contributed by atoms with E-state index in [4.69, 9.17) is 5.73 Å². The quantitative estimate of drug-likeness (QED) is 0.587. The molecule has 1 amide bonds. The summed E-state index contributed by atoms with van der Waals surface area (Å²) in [6.07, 6.45) is 4.80. The number of hydrogen-bond donors (Lipinski definition) is 1. The molecule has 2 N–H and O–H groups in total. The number of amides is 1. The molecular formula is C10H13N3O2. The van der Waals surface area contributed by atoms with Gasteiger partial charge in [-0.3, -0.25) is 9.59 Å². The molecule has 0 aliphatic carbocycles. The lowest BCUT2D eigenvalue weighted by molar-refractivity contribution is -0.133. The highest BCUT2D eigenvalue weighted by molar-refractivity contribution is 6.44. The fourth-order valence-corrected chi connectivity index (χ4v) is 1.84. The van der Waals surface area contributed by atoms with Gasteiger partial charge in [-0.1, -0.05) is 0 Å². The standard InChI is InChI=1S/C10H13N3O2/c11-7-2-1-3-13(6-7)8-4-9(14)10(15)12-5-8/h4-5,7H,1-3,6,11H2/t7-/m0/s1. The molecule has 1 saturated heterocycles. The van der Waals surface area contributed by atoms with E-state index in [1.807, 2.05) is 4.90 Å². The van der Waals surface area contributed by atoms with E-state index in [-0.39, 0.29) is 6.04 Å².